The third-order valence-electron chi connectivity index (χ3n) is 9.29. The standard InChI is InChI=1S/C36H41N3O6/c1-22-4-6-24(7-5-22)28-21-39(20-23-13-16-44-17-14-23)34(33(35(28)40)36(37)41)25-8-10-26(11-9-25)45-30-12-15-38-29-19-32(43-3)31(42-2)18-27(29)30/h4-7,12,15,18-19,21,23,25-26H,8-11,13-14,16-17,20H2,1-3H3,(H2,37,41)/t25-,26-. The number of ether oxygens (including phenoxy) is 4. The average Bonchev–Trinajstić information content (AvgIpc) is 3.06. The molecule has 0 radical (unpaired) electrons. The van der Waals surface area contributed by atoms with Gasteiger partial charge < -0.3 is 29.2 Å². The van der Waals surface area contributed by atoms with Crippen molar-refractivity contribution in [1.29, 1.82) is 0 Å². The van der Waals surface area contributed by atoms with Crippen molar-refractivity contribution in [2.24, 2.45) is 11.7 Å². The topological polar surface area (TPSA) is 115 Å². The number of fused-ring (bicyclic) bond motifs is 1. The summed E-state index contributed by atoms with van der Waals surface area (Å²) in [6, 6.07) is 13.5. The fourth-order valence-corrected chi connectivity index (χ4v) is 6.84. The molecule has 1 amide bonds. The summed E-state index contributed by atoms with van der Waals surface area (Å²) in [5, 5.41) is 0.852. The van der Waals surface area contributed by atoms with Crippen LogP contribution in [0.2, 0.25) is 0 Å². The van der Waals surface area contributed by atoms with E-state index in [0.717, 1.165) is 85.2 Å². The van der Waals surface area contributed by atoms with E-state index in [1.807, 2.05) is 55.6 Å². The maximum Gasteiger partial charge on any atom is 0.254 e. The zero-order chi connectivity index (χ0) is 31.5. The van der Waals surface area contributed by atoms with Gasteiger partial charge in [0.15, 0.2) is 11.5 Å². The van der Waals surface area contributed by atoms with Crippen molar-refractivity contribution in [3.8, 4) is 28.4 Å². The van der Waals surface area contributed by atoms with Gasteiger partial charge in [0.1, 0.15) is 11.3 Å². The van der Waals surface area contributed by atoms with E-state index in [2.05, 4.69) is 9.55 Å². The Morgan fingerprint density at radius 2 is 1.64 bits per heavy atom. The van der Waals surface area contributed by atoms with Crippen molar-refractivity contribution in [3.63, 3.8) is 0 Å². The maximum atomic E-state index is 13.9. The third-order valence-corrected chi connectivity index (χ3v) is 9.29. The molecule has 1 saturated carbocycles. The molecule has 1 aliphatic heterocycles. The minimum atomic E-state index is -0.671. The normalized spacial score (nSPS) is 18.9. The highest BCUT2D eigenvalue weighted by molar-refractivity contribution is 5.95. The van der Waals surface area contributed by atoms with E-state index in [9.17, 15) is 9.59 Å². The predicted molar refractivity (Wildman–Crippen MR) is 173 cm³/mol. The van der Waals surface area contributed by atoms with Crippen LogP contribution in [0.5, 0.6) is 17.2 Å². The molecule has 236 valence electrons. The second-order valence-corrected chi connectivity index (χ2v) is 12.2. The Bertz CT molecular complexity index is 1730. The molecule has 2 fully saturated rings. The first-order chi connectivity index (χ1) is 21.9. The number of pyridine rings is 2. The first-order valence-corrected chi connectivity index (χ1v) is 15.8. The van der Waals surface area contributed by atoms with Gasteiger partial charge in [-0.05, 0) is 69.1 Å². The minimum absolute atomic E-state index is 0.00509. The molecule has 45 heavy (non-hydrogen) atoms. The molecule has 9 nitrogen and oxygen atoms in total. The zero-order valence-corrected chi connectivity index (χ0v) is 26.2. The van der Waals surface area contributed by atoms with Crippen LogP contribution < -0.4 is 25.4 Å². The third kappa shape index (κ3) is 6.40. The van der Waals surface area contributed by atoms with Crippen molar-refractivity contribution < 1.29 is 23.7 Å². The molecule has 2 aromatic heterocycles. The van der Waals surface area contributed by atoms with Crippen molar-refractivity contribution in [2.75, 3.05) is 27.4 Å². The molecular formula is C36H41N3O6. The molecule has 1 saturated heterocycles. The van der Waals surface area contributed by atoms with Gasteiger partial charge in [0.05, 0.1) is 25.8 Å². The van der Waals surface area contributed by atoms with Gasteiger partial charge >= 0.3 is 0 Å². The molecule has 1 aliphatic carbocycles. The van der Waals surface area contributed by atoms with Crippen LogP contribution in [0.15, 0.2) is 59.7 Å². The van der Waals surface area contributed by atoms with Gasteiger partial charge in [-0.25, -0.2) is 0 Å². The van der Waals surface area contributed by atoms with Gasteiger partial charge in [-0.1, -0.05) is 29.8 Å². The van der Waals surface area contributed by atoms with E-state index >= 15 is 0 Å². The lowest BCUT2D eigenvalue weighted by Crippen LogP contribution is -2.34. The molecule has 0 spiro atoms. The number of rotatable bonds is 9. The zero-order valence-electron chi connectivity index (χ0n) is 26.2. The minimum Gasteiger partial charge on any atom is -0.493 e. The van der Waals surface area contributed by atoms with Crippen LogP contribution in [0.25, 0.3) is 22.0 Å². The molecule has 3 heterocycles. The van der Waals surface area contributed by atoms with Gasteiger partial charge in [-0.15, -0.1) is 0 Å². The fourth-order valence-electron chi connectivity index (χ4n) is 6.84. The van der Waals surface area contributed by atoms with Crippen molar-refractivity contribution >= 4 is 16.8 Å². The smallest absolute Gasteiger partial charge is 0.254 e. The number of carbonyl (C=O) groups excluding carboxylic acids is 1. The lowest BCUT2D eigenvalue weighted by Gasteiger charge is -2.33. The van der Waals surface area contributed by atoms with Crippen LogP contribution in [0.1, 0.15) is 66.1 Å². The van der Waals surface area contributed by atoms with Crippen LogP contribution in [0, 0.1) is 12.8 Å². The van der Waals surface area contributed by atoms with Crippen molar-refractivity contribution in [1.82, 2.24) is 9.55 Å². The maximum absolute atomic E-state index is 13.9. The Morgan fingerprint density at radius 1 is 0.956 bits per heavy atom. The number of benzene rings is 2. The number of primary amides is 1. The van der Waals surface area contributed by atoms with Crippen LogP contribution >= 0.6 is 0 Å². The number of nitrogens with zero attached hydrogens (tertiary/aromatic N) is 2. The molecule has 4 aromatic rings. The van der Waals surface area contributed by atoms with Crippen LogP contribution in [-0.2, 0) is 11.3 Å². The SMILES string of the molecule is COc1cc2nccc(O[C@H]3CC[C@H](c4c(C(N)=O)c(=O)c(-c5ccc(C)cc5)cn4CC4CCOCC4)CC3)c2cc1OC. The summed E-state index contributed by atoms with van der Waals surface area (Å²) in [6.45, 7) is 4.16. The highest BCUT2D eigenvalue weighted by Crippen LogP contribution is 2.40. The molecule has 2 aliphatic rings. The summed E-state index contributed by atoms with van der Waals surface area (Å²) in [4.78, 5) is 31.5. The number of amides is 1. The summed E-state index contributed by atoms with van der Waals surface area (Å²) >= 11 is 0. The van der Waals surface area contributed by atoms with E-state index in [1.54, 1.807) is 20.4 Å². The summed E-state index contributed by atoms with van der Waals surface area (Å²) in [7, 11) is 3.21. The van der Waals surface area contributed by atoms with Crippen molar-refractivity contribution in [2.45, 2.75) is 64.0 Å². The highest BCUT2D eigenvalue weighted by atomic mass is 16.5. The highest BCUT2D eigenvalue weighted by Gasteiger charge is 2.32. The van der Waals surface area contributed by atoms with Gasteiger partial charge in [-0.2, -0.15) is 0 Å². The Balaban J connectivity index is 1.31. The van der Waals surface area contributed by atoms with Gasteiger partial charge in [0.2, 0.25) is 5.43 Å². The summed E-state index contributed by atoms with van der Waals surface area (Å²) in [6.07, 6.45) is 8.61. The van der Waals surface area contributed by atoms with Crippen LogP contribution in [-0.4, -0.2) is 49.0 Å². The van der Waals surface area contributed by atoms with Gasteiger partial charge in [0.25, 0.3) is 5.91 Å². The Labute approximate surface area is 263 Å². The molecule has 0 bridgehead atoms. The number of aromatic nitrogens is 2. The first-order valence-electron chi connectivity index (χ1n) is 15.8. The quantitative estimate of drug-likeness (QED) is 0.246. The summed E-state index contributed by atoms with van der Waals surface area (Å²) in [5.74, 6) is 1.69. The number of carbonyl (C=O) groups is 1. The lowest BCUT2D eigenvalue weighted by atomic mass is 9.82. The molecule has 2 N–H and O–H groups in total. The summed E-state index contributed by atoms with van der Waals surface area (Å²) in [5.41, 5.74) is 9.74. The molecule has 9 heteroatoms. The summed E-state index contributed by atoms with van der Waals surface area (Å²) < 4.78 is 25.3. The number of nitrogens with two attached hydrogens (primary N) is 1. The number of hydrogen-bond donors (Lipinski definition) is 1. The van der Waals surface area contributed by atoms with E-state index < -0.39 is 5.91 Å². The van der Waals surface area contributed by atoms with Crippen LogP contribution in [0.4, 0.5) is 0 Å². The molecule has 6 rings (SSSR count). The van der Waals surface area contributed by atoms with E-state index in [0.29, 0.717) is 29.5 Å². The first kappa shape index (κ1) is 30.6. The lowest BCUT2D eigenvalue weighted by molar-refractivity contribution is 0.0606. The largest absolute Gasteiger partial charge is 0.493 e. The Kier molecular flexibility index (Phi) is 9.07. The van der Waals surface area contributed by atoms with Crippen LogP contribution in [0.3, 0.4) is 0 Å². The molecule has 0 atom stereocenters. The van der Waals surface area contributed by atoms with Gasteiger partial charge in [-0.3, -0.25) is 14.6 Å². The molecule has 0 unspecified atom stereocenters. The number of hydrogen-bond acceptors (Lipinski definition) is 7. The molecular weight excluding hydrogens is 570 g/mol. The van der Waals surface area contributed by atoms with Crippen molar-refractivity contribution in [3.05, 3.63) is 81.9 Å². The number of aryl methyl sites for hydroxylation is 1. The Hall–Kier alpha value is -4.37. The average molecular weight is 612 g/mol. The predicted octanol–water partition coefficient (Wildman–Crippen LogP) is 6.02. The second-order valence-electron chi connectivity index (χ2n) is 12.2. The van der Waals surface area contributed by atoms with Gasteiger partial charge in [0, 0.05) is 60.8 Å². The number of methoxy groups -OCH3 is 2. The van der Waals surface area contributed by atoms with E-state index in [-0.39, 0.29) is 23.0 Å². The van der Waals surface area contributed by atoms with E-state index in [4.69, 9.17) is 24.7 Å². The monoisotopic (exact) mass is 611 g/mol. The molecule has 2 aromatic carbocycles. The second kappa shape index (κ2) is 13.3. The van der Waals surface area contributed by atoms with E-state index in [1.165, 1.54) is 0 Å². The Morgan fingerprint density at radius 3 is 2.31 bits per heavy atom. The fraction of sp³-hybridized carbons (Fsp3) is 0.417.